The van der Waals surface area contributed by atoms with Crippen molar-refractivity contribution in [2.45, 2.75) is 18.4 Å². The van der Waals surface area contributed by atoms with Gasteiger partial charge in [-0.1, -0.05) is 41.9 Å². The van der Waals surface area contributed by atoms with Crippen molar-refractivity contribution in [3.63, 3.8) is 0 Å². The van der Waals surface area contributed by atoms with Gasteiger partial charge in [-0.25, -0.2) is 13.2 Å². The van der Waals surface area contributed by atoms with Gasteiger partial charge in [0.05, 0.1) is 34.0 Å². The first kappa shape index (κ1) is 23.4. The molecule has 0 heterocycles. The number of halogens is 1. The molecule has 0 aliphatic heterocycles. The molecule has 0 radical (unpaired) electrons. The molecule has 0 amide bonds. The van der Waals surface area contributed by atoms with Gasteiger partial charge in [0.1, 0.15) is 5.75 Å². The number of rotatable bonds is 9. The van der Waals surface area contributed by atoms with Crippen LogP contribution in [0.4, 0.5) is 11.4 Å². The third-order valence-corrected chi connectivity index (χ3v) is 6.52. The second kappa shape index (κ2) is 9.93. The summed E-state index contributed by atoms with van der Waals surface area (Å²) in [4.78, 5) is 13.4. The number of anilines is 2. The average molecular weight is 475 g/mol. The number of nitrogens with one attached hydrogen (secondary N) is 1. The van der Waals surface area contributed by atoms with Crippen molar-refractivity contribution >= 4 is 39.0 Å². The number of hydrogen-bond donors (Lipinski definition) is 2. The van der Waals surface area contributed by atoms with E-state index in [-0.39, 0.29) is 21.2 Å². The third-order valence-electron chi connectivity index (χ3n) is 4.86. The summed E-state index contributed by atoms with van der Waals surface area (Å²) in [6.07, 6.45) is 0. The fraction of sp³-hybridized carbons (Fsp3) is 0.174. The normalized spacial score (nSPS) is 11.1. The van der Waals surface area contributed by atoms with Crippen molar-refractivity contribution < 1.29 is 23.1 Å². The number of carbonyl (C=O) groups is 1. The Morgan fingerprint density at radius 1 is 1.09 bits per heavy atom. The van der Waals surface area contributed by atoms with Gasteiger partial charge in [-0.2, -0.15) is 0 Å². The van der Waals surface area contributed by atoms with Gasteiger partial charge in [0.15, 0.2) is 0 Å². The molecule has 9 heteroatoms. The highest BCUT2D eigenvalue weighted by Gasteiger charge is 2.21. The maximum absolute atomic E-state index is 13.1. The van der Waals surface area contributed by atoms with E-state index in [0.29, 0.717) is 24.5 Å². The lowest BCUT2D eigenvalue weighted by Gasteiger charge is -2.26. The molecule has 0 saturated heterocycles. The van der Waals surface area contributed by atoms with Crippen molar-refractivity contribution in [1.82, 2.24) is 0 Å². The maximum atomic E-state index is 13.1. The fourth-order valence-corrected chi connectivity index (χ4v) is 4.63. The van der Waals surface area contributed by atoms with Crippen LogP contribution in [-0.2, 0) is 16.6 Å². The number of nitrogens with zero attached hydrogens (tertiary/aromatic N) is 1. The highest BCUT2D eigenvalue weighted by molar-refractivity contribution is 7.92. The van der Waals surface area contributed by atoms with Gasteiger partial charge in [-0.15, -0.1) is 0 Å². The lowest BCUT2D eigenvalue weighted by atomic mass is 10.1. The number of benzene rings is 3. The molecule has 0 bridgehead atoms. The Bertz CT molecular complexity index is 1220. The van der Waals surface area contributed by atoms with Crippen molar-refractivity contribution in [1.29, 1.82) is 0 Å². The van der Waals surface area contributed by atoms with Gasteiger partial charge in [-0.3, -0.25) is 4.72 Å². The van der Waals surface area contributed by atoms with Gasteiger partial charge in [0, 0.05) is 13.1 Å². The summed E-state index contributed by atoms with van der Waals surface area (Å²) in [5.41, 5.74) is 1.72. The number of methoxy groups -OCH3 is 1. The molecule has 0 atom stereocenters. The largest absolute Gasteiger partial charge is 0.495 e. The molecular weight excluding hydrogens is 452 g/mol. The van der Waals surface area contributed by atoms with Gasteiger partial charge in [0.2, 0.25) is 0 Å². The Balaban J connectivity index is 2.02. The zero-order valence-corrected chi connectivity index (χ0v) is 19.2. The topological polar surface area (TPSA) is 95.9 Å². The summed E-state index contributed by atoms with van der Waals surface area (Å²) in [5.74, 6) is -0.810. The van der Waals surface area contributed by atoms with Crippen LogP contribution in [-0.4, -0.2) is 33.1 Å². The van der Waals surface area contributed by atoms with Crippen LogP contribution in [0.3, 0.4) is 0 Å². The minimum Gasteiger partial charge on any atom is -0.495 e. The molecule has 168 valence electrons. The first-order chi connectivity index (χ1) is 15.2. The van der Waals surface area contributed by atoms with Crippen LogP contribution in [0, 0.1) is 0 Å². The van der Waals surface area contributed by atoms with Crippen LogP contribution in [0.2, 0.25) is 5.02 Å². The summed E-state index contributed by atoms with van der Waals surface area (Å²) in [6.45, 7) is 3.03. The average Bonchev–Trinajstić information content (AvgIpc) is 2.78. The monoisotopic (exact) mass is 474 g/mol. The third kappa shape index (κ3) is 5.33. The Morgan fingerprint density at radius 3 is 2.41 bits per heavy atom. The van der Waals surface area contributed by atoms with E-state index < -0.39 is 16.0 Å². The van der Waals surface area contributed by atoms with Gasteiger partial charge in [-0.05, 0) is 48.9 Å². The van der Waals surface area contributed by atoms with Crippen LogP contribution >= 0.6 is 11.6 Å². The van der Waals surface area contributed by atoms with E-state index in [1.807, 2.05) is 42.2 Å². The highest BCUT2D eigenvalue weighted by Crippen LogP contribution is 2.32. The lowest BCUT2D eigenvalue weighted by Crippen LogP contribution is -2.24. The maximum Gasteiger partial charge on any atom is 0.335 e. The van der Waals surface area contributed by atoms with E-state index in [0.717, 1.165) is 5.56 Å². The molecule has 0 spiro atoms. The van der Waals surface area contributed by atoms with Gasteiger partial charge < -0.3 is 14.7 Å². The Hall–Kier alpha value is -3.23. The predicted molar refractivity (Wildman–Crippen MR) is 125 cm³/mol. The molecular formula is C23H23ClN2O5S. The summed E-state index contributed by atoms with van der Waals surface area (Å²) in [6, 6.07) is 18.2. The van der Waals surface area contributed by atoms with E-state index >= 15 is 0 Å². The van der Waals surface area contributed by atoms with Crippen molar-refractivity contribution in [2.24, 2.45) is 0 Å². The van der Waals surface area contributed by atoms with Crippen LogP contribution in [0.1, 0.15) is 22.8 Å². The first-order valence-corrected chi connectivity index (χ1v) is 11.6. The Morgan fingerprint density at radius 2 is 1.81 bits per heavy atom. The van der Waals surface area contributed by atoms with E-state index in [4.69, 9.17) is 16.3 Å². The Kier molecular flexibility index (Phi) is 7.27. The summed E-state index contributed by atoms with van der Waals surface area (Å²) in [5, 5.41) is 9.57. The second-order valence-electron chi connectivity index (χ2n) is 6.94. The predicted octanol–water partition coefficient (Wildman–Crippen LogP) is 4.87. The molecule has 32 heavy (non-hydrogen) atoms. The van der Waals surface area contributed by atoms with Crippen LogP contribution in [0.25, 0.3) is 0 Å². The van der Waals surface area contributed by atoms with Crippen LogP contribution in [0.5, 0.6) is 5.75 Å². The van der Waals surface area contributed by atoms with Crippen LogP contribution in [0.15, 0.2) is 71.6 Å². The van der Waals surface area contributed by atoms with Gasteiger partial charge >= 0.3 is 5.97 Å². The SMILES string of the molecule is CCN(Cc1ccccc1)c1ccc(C(=O)O)cc1NS(=O)(=O)c1ccc(OC)c(Cl)c1. The number of carboxylic acids is 1. The quantitative estimate of drug-likeness (QED) is 0.459. The molecule has 2 N–H and O–H groups in total. The molecule has 0 unspecified atom stereocenters. The highest BCUT2D eigenvalue weighted by atomic mass is 35.5. The molecule has 3 aromatic rings. The van der Waals surface area contributed by atoms with Crippen molar-refractivity contribution in [3.8, 4) is 5.75 Å². The molecule has 7 nitrogen and oxygen atoms in total. The number of sulfonamides is 1. The van der Waals surface area contributed by atoms with E-state index in [9.17, 15) is 18.3 Å². The second-order valence-corrected chi connectivity index (χ2v) is 9.03. The molecule has 0 saturated carbocycles. The molecule has 0 aliphatic carbocycles. The van der Waals surface area contributed by atoms with Crippen LogP contribution < -0.4 is 14.4 Å². The van der Waals surface area contributed by atoms with E-state index in [1.54, 1.807) is 6.07 Å². The van der Waals surface area contributed by atoms with Crippen molar-refractivity contribution in [2.75, 3.05) is 23.3 Å². The molecule has 3 aromatic carbocycles. The Labute approximate surface area is 192 Å². The number of ether oxygens (including phenoxy) is 1. The van der Waals surface area contributed by atoms with Crippen molar-refractivity contribution in [3.05, 3.63) is 82.9 Å². The fourth-order valence-electron chi connectivity index (χ4n) is 3.22. The van der Waals surface area contributed by atoms with E-state index in [2.05, 4.69) is 4.72 Å². The molecule has 0 aliphatic rings. The van der Waals surface area contributed by atoms with E-state index in [1.165, 1.54) is 37.4 Å². The summed E-state index contributed by atoms with van der Waals surface area (Å²) in [7, 11) is -2.62. The standard InChI is InChI=1S/C23H23ClN2O5S/c1-3-26(15-16-7-5-4-6-8-16)21-11-9-17(23(27)28)13-20(21)25-32(29,30)18-10-12-22(31-2)19(24)14-18/h4-14,25H,3,15H2,1-2H3,(H,27,28). The molecule has 0 fully saturated rings. The molecule has 3 rings (SSSR count). The number of aromatic carboxylic acids is 1. The number of hydrogen-bond acceptors (Lipinski definition) is 5. The minimum atomic E-state index is -4.05. The summed E-state index contributed by atoms with van der Waals surface area (Å²) < 4.78 is 33.8. The zero-order chi connectivity index (χ0) is 23.3. The summed E-state index contributed by atoms with van der Waals surface area (Å²) >= 11 is 6.10. The zero-order valence-electron chi connectivity index (χ0n) is 17.6. The van der Waals surface area contributed by atoms with Gasteiger partial charge in [0.25, 0.3) is 10.0 Å². The minimum absolute atomic E-state index is 0.0324. The smallest absolute Gasteiger partial charge is 0.335 e. The lowest BCUT2D eigenvalue weighted by molar-refractivity contribution is 0.0697. The first-order valence-electron chi connectivity index (χ1n) is 9.77. The molecule has 0 aromatic heterocycles. The number of carboxylic acid groups (broad SMARTS) is 1.